The molecule has 2 rings (SSSR count). The minimum absolute atomic E-state index is 0.868. The number of hydrogen-bond acceptors (Lipinski definition) is 2. The summed E-state index contributed by atoms with van der Waals surface area (Å²) in [5, 5.41) is 3.37. The maximum absolute atomic E-state index is 3.45. The van der Waals surface area contributed by atoms with Crippen molar-refractivity contribution in [3.63, 3.8) is 0 Å². The van der Waals surface area contributed by atoms with E-state index in [0.29, 0.717) is 0 Å². The summed E-state index contributed by atoms with van der Waals surface area (Å²) in [5.41, 5.74) is 1.13. The second kappa shape index (κ2) is 5.14. The fraction of sp³-hybridized carbons (Fsp3) is 0.0909. The van der Waals surface area contributed by atoms with Crippen LogP contribution in [0.5, 0.6) is 0 Å². The topological polar surface area (TPSA) is 12.0 Å². The van der Waals surface area contributed by atoms with Crippen LogP contribution in [-0.2, 0) is 6.54 Å². The van der Waals surface area contributed by atoms with Gasteiger partial charge in [0.1, 0.15) is 0 Å². The SMILES string of the molecule is Brc1cccc(NCc2ccc(Br)s2)c1. The van der Waals surface area contributed by atoms with Crippen LogP contribution in [0.2, 0.25) is 0 Å². The van der Waals surface area contributed by atoms with E-state index < -0.39 is 0 Å². The zero-order valence-electron chi connectivity index (χ0n) is 7.84. The molecule has 0 aliphatic heterocycles. The molecule has 0 aliphatic rings. The summed E-state index contributed by atoms with van der Waals surface area (Å²) in [6.45, 7) is 0.868. The van der Waals surface area contributed by atoms with Crippen LogP contribution in [0, 0.1) is 0 Å². The van der Waals surface area contributed by atoms with E-state index in [9.17, 15) is 0 Å². The van der Waals surface area contributed by atoms with E-state index in [1.807, 2.05) is 12.1 Å². The van der Waals surface area contributed by atoms with Crippen molar-refractivity contribution in [3.8, 4) is 0 Å². The van der Waals surface area contributed by atoms with Gasteiger partial charge >= 0.3 is 0 Å². The van der Waals surface area contributed by atoms with Crippen molar-refractivity contribution in [2.24, 2.45) is 0 Å². The summed E-state index contributed by atoms with van der Waals surface area (Å²) in [4.78, 5) is 1.32. The third-order valence-corrected chi connectivity index (χ3v) is 4.04. The van der Waals surface area contributed by atoms with Crippen molar-refractivity contribution in [3.05, 3.63) is 49.5 Å². The minimum Gasteiger partial charge on any atom is -0.380 e. The molecule has 0 aliphatic carbocycles. The number of nitrogens with one attached hydrogen (secondary N) is 1. The summed E-state index contributed by atoms with van der Waals surface area (Å²) >= 11 is 8.65. The number of rotatable bonds is 3. The molecular weight excluding hydrogens is 338 g/mol. The second-order valence-electron chi connectivity index (χ2n) is 3.07. The molecule has 0 radical (unpaired) electrons. The summed E-state index contributed by atoms with van der Waals surface area (Å²) in [5.74, 6) is 0. The van der Waals surface area contributed by atoms with Gasteiger partial charge in [0.05, 0.1) is 3.79 Å². The Morgan fingerprint density at radius 1 is 1.13 bits per heavy atom. The Balaban J connectivity index is 1.99. The number of anilines is 1. The van der Waals surface area contributed by atoms with E-state index >= 15 is 0 Å². The lowest BCUT2D eigenvalue weighted by atomic mass is 10.3. The number of benzene rings is 1. The summed E-state index contributed by atoms with van der Waals surface area (Å²) in [6.07, 6.45) is 0. The Morgan fingerprint density at radius 2 is 2.00 bits per heavy atom. The molecule has 1 nitrogen and oxygen atoms in total. The first kappa shape index (κ1) is 11.2. The molecule has 0 amide bonds. The second-order valence-corrected chi connectivity index (χ2v) is 6.53. The molecule has 1 aromatic carbocycles. The molecule has 78 valence electrons. The van der Waals surface area contributed by atoms with Crippen LogP contribution in [0.3, 0.4) is 0 Å². The van der Waals surface area contributed by atoms with Crippen LogP contribution >= 0.6 is 43.2 Å². The monoisotopic (exact) mass is 345 g/mol. The summed E-state index contributed by atoms with van der Waals surface area (Å²) in [7, 11) is 0. The van der Waals surface area contributed by atoms with Crippen molar-refractivity contribution < 1.29 is 0 Å². The zero-order chi connectivity index (χ0) is 10.7. The first-order chi connectivity index (χ1) is 7.24. The largest absolute Gasteiger partial charge is 0.380 e. The van der Waals surface area contributed by atoms with Crippen molar-refractivity contribution in [1.82, 2.24) is 0 Å². The van der Waals surface area contributed by atoms with Crippen molar-refractivity contribution in [2.45, 2.75) is 6.54 Å². The molecule has 15 heavy (non-hydrogen) atoms. The average Bonchev–Trinajstić information content (AvgIpc) is 2.62. The Kier molecular flexibility index (Phi) is 3.83. The predicted octanol–water partition coefficient (Wildman–Crippen LogP) is 4.89. The van der Waals surface area contributed by atoms with Crippen LogP contribution in [0.1, 0.15) is 4.88 Å². The first-order valence-corrected chi connectivity index (χ1v) is 6.88. The molecule has 1 heterocycles. The van der Waals surface area contributed by atoms with Gasteiger partial charge in [-0.25, -0.2) is 0 Å². The summed E-state index contributed by atoms with van der Waals surface area (Å²) < 4.78 is 2.27. The molecule has 0 unspecified atom stereocenters. The van der Waals surface area contributed by atoms with E-state index in [2.05, 4.69) is 61.4 Å². The standard InChI is InChI=1S/C11H9Br2NS/c12-8-2-1-3-9(6-8)14-7-10-4-5-11(13)15-10/h1-6,14H,7H2. The molecule has 0 fully saturated rings. The lowest BCUT2D eigenvalue weighted by molar-refractivity contribution is 1.19. The molecule has 4 heteroatoms. The van der Waals surface area contributed by atoms with E-state index in [1.54, 1.807) is 11.3 Å². The average molecular weight is 347 g/mol. The Labute approximate surface area is 110 Å². The molecule has 1 N–H and O–H groups in total. The zero-order valence-corrected chi connectivity index (χ0v) is 11.8. The van der Waals surface area contributed by atoms with Gasteiger partial charge in [-0.1, -0.05) is 22.0 Å². The van der Waals surface area contributed by atoms with Gasteiger partial charge in [-0.05, 0) is 46.3 Å². The highest BCUT2D eigenvalue weighted by Gasteiger charge is 1.97. The first-order valence-electron chi connectivity index (χ1n) is 4.48. The maximum atomic E-state index is 3.45. The molecule has 0 atom stereocenters. The third-order valence-electron chi connectivity index (χ3n) is 1.92. The molecular formula is C11H9Br2NS. The highest BCUT2D eigenvalue weighted by molar-refractivity contribution is 9.11. The fourth-order valence-corrected chi connectivity index (χ4v) is 3.06. The molecule has 1 aromatic heterocycles. The lowest BCUT2D eigenvalue weighted by Crippen LogP contribution is -1.96. The Hall–Kier alpha value is -0.320. The van der Waals surface area contributed by atoms with Gasteiger partial charge in [0.15, 0.2) is 0 Å². The van der Waals surface area contributed by atoms with Crippen LogP contribution in [0.15, 0.2) is 44.7 Å². The summed E-state index contributed by atoms with van der Waals surface area (Å²) in [6, 6.07) is 12.4. The molecule has 0 saturated heterocycles. The Bertz CT molecular complexity index is 453. The van der Waals surface area contributed by atoms with Gasteiger partial charge in [-0.3, -0.25) is 0 Å². The molecule has 0 saturated carbocycles. The van der Waals surface area contributed by atoms with E-state index in [0.717, 1.165) is 16.7 Å². The van der Waals surface area contributed by atoms with E-state index in [-0.39, 0.29) is 0 Å². The van der Waals surface area contributed by atoms with Crippen molar-refractivity contribution >= 4 is 48.9 Å². The number of halogens is 2. The third kappa shape index (κ3) is 3.33. The maximum Gasteiger partial charge on any atom is 0.0702 e. The lowest BCUT2D eigenvalue weighted by Gasteiger charge is -2.04. The van der Waals surface area contributed by atoms with Gasteiger partial charge in [0, 0.05) is 21.6 Å². The van der Waals surface area contributed by atoms with Gasteiger partial charge in [0.25, 0.3) is 0 Å². The predicted molar refractivity (Wildman–Crippen MR) is 73.5 cm³/mol. The normalized spacial score (nSPS) is 10.3. The van der Waals surface area contributed by atoms with Gasteiger partial charge < -0.3 is 5.32 Å². The molecule has 0 bridgehead atoms. The quantitative estimate of drug-likeness (QED) is 0.834. The van der Waals surface area contributed by atoms with E-state index in [4.69, 9.17) is 0 Å². The van der Waals surface area contributed by atoms with Crippen LogP contribution in [0.4, 0.5) is 5.69 Å². The Morgan fingerprint density at radius 3 is 2.67 bits per heavy atom. The smallest absolute Gasteiger partial charge is 0.0702 e. The van der Waals surface area contributed by atoms with Gasteiger partial charge in [-0.15, -0.1) is 11.3 Å². The highest BCUT2D eigenvalue weighted by atomic mass is 79.9. The number of thiophene rings is 1. The van der Waals surface area contributed by atoms with Crippen LogP contribution in [0.25, 0.3) is 0 Å². The fourth-order valence-electron chi connectivity index (χ4n) is 1.23. The molecule has 2 aromatic rings. The van der Waals surface area contributed by atoms with Crippen LogP contribution in [-0.4, -0.2) is 0 Å². The number of hydrogen-bond donors (Lipinski definition) is 1. The van der Waals surface area contributed by atoms with Gasteiger partial charge in [0.2, 0.25) is 0 Å². The van der Waals surface area contributed by atoms with Crippen molar-refractivity contribution in [2.75, 3.05) is 5.32 Å². The highest BCUT2D eigenvalue weighted by Crippen LogP contribution is 2.23. The van der Waals surface area contributed by atoms with E-state index in [1.165, 1.54) is 8.66 Å². The van der Waals surface area contributed by atoms with Crippen LogP contribution < -0.4 is 5.32 Å². The van der Waals surface area contributed by atoms with Crippen molar-refractivity contribution in [1.29, 1.82) is 0 Å². The minimum atomic E-state index is 0.868. The molecule has 0 spiro atoms. The van der Waals surface area contributed by atoms with Gasteiger partial charge in [-0.2, -0.15) is 0 Å².